The van der Waals surface area contributed by atoms with E-state index in [9.17, 15) is 13.6 Å². The van der Waals surface area contributed by atoms with E-state index >= 15 is 0 Å². The molecule has 0 saturated carbocycles. The number of hydrogen-bond donors (Lipinski definition) is 1. The Kier molecular flexibility index (Phi) is 9.70. The molecule has 2 aliphatic heterocycles. The average molecular weight is 543 g/mol. The third-order valence-corrected chi connectivity index (χ3v) is 8.52. The predicted octanol–water partition coefficient (Wildman–Crippen LogP) is 5.57. The van der Waals surface area contributed by atoms with Crippen molar-refractivity contribution in [2.24, 2.45) is 0 Å². The highest BCUT2D eigenvalue weighted by molar-refractivity contribution is 7.99. The minimum Gasteiger partial charge on any atom is -0.351 e. The van der Waals surface area contributed by atoms with Gasteiger partial charge in [-0.1, -0.05) is 35.3 Å². The maximum Gasteiger partial charge on any atom is 0.251 e. The van der Waals surface area contributed by atoms with Crippen molar-refractivity contribution in [3.63, 3.8) is 0 Å². The number of hydrogen-bond acceptors (Lipinski definition) is 4. The van der Waals surface area contributed by atoms with Gasteiger partial charge in [0.05, 0.1) is 10.0 Å². The number of benzene rings is 2. The van der Waals surface area contributed by atoms with Crippen LogP contribution in [-0.4, -0.2) is 72.5 Å². The summed E-state index contributed by atoms with van der Waals surface area (Å²) < 4.78 is 26.3. The van der Waals surface area contributed by atoms with Crippen molar-refractivity contribution in [3.8, 4) is 0 Å². The number of amides is 1. The SMILES string of the molecule is O=C(NCC(CCN1CC(N2CCSCC2)C1)c1ccc(Cl)c(Cl)c1)c1cc(CF)cc(CF)c1. The number of nitrogens with one attached hydrogen (secondary N) is 1. The van der Waals surface area contributed by atoms with Crippen LogP contribution < -0.4 is 5.32 Å². The molecule has 35 heavy (non-hydrogen) atoms. The van der Waals surface area contributed by atoms with Gasteiger partial charge in [-0.25, -0.2) is 8.78 Å². The van der Waals surface area contributed by atoms with E-state index in [1.54, 1.807) is 6.07 Å². The second-order valence-electron chi connectivity index (χ2n) is 9.24. The monoisotopic (exact) mass is 541 g/mol. The second kappa shape index (κ2) is 12.7. The summed E-state index contributed by atoms with van der Waals surface area (Å²) in [5, 5.41) is 3.94. The van der Waals surface area contributed by atoms with Crippen LogP contribution in [0.15, 0.2) is 36.4 Å². The van der Waals surface area contributed by atoms with Crippen molar-refractivity contribution < 1.29 is 13.6 Å². The Morgan fingerprint density at radius 1 is 1.03 bits per heavy atom. The molecule has 9 heteroatoms. The smallest absolute Gasteiger partial charge is 0.251 e. The molecule has 1 amide bonds. The highest BCUT2D eigenvalue weighted by Crippen LogP contribution is 2.29. The summed E-state index contributed by atoms with van der Waals surface area (Å²) in [5.74, 6) is 2.13. The molecule has 0 bridgehead atoms. The topological polar surface area (TPSA) is 35.6 Å². The Morgan fingerprint density at radius 2 is 1.71 bits per heavy atom. The minimum atomic E-state index is -0.743. The molecule has 4 nitrogen and oxygen atoms in total. The fraction of sp³-hybridized carbons (Fsp3) is 0.500. The van der Waals surface area contributed by atoms with E-state index in [1.165, 1.54) is 42.8 Å². The summed E-state index contributed by atoms with van der Waals surface area (Å²) in [6.45, 7) is 4.33. The number of thioether (sulfide) groups is 1. The summed E-state index contributed by atoms with van der Waals surface area (Å²) in [6, 6.07) is 10.6. The molecule has 2 aromatic carbocycles. The molecule has 190 valence electrons. The first-order valence-electron chi connectivity index (χ1n) is 12.0. The number of nitrogens with zero attached hydrogens (tertiary/aromatic N) is 2. The van der Waals surface area contributed by atoms with Crippen LogP contribution >= 0.6 is 35.0 Å². The zero-order valence-electron chi connectivity index (χ0n) is 19.6. The standard InChI is InChI=1S/C26H31Cl2F2N3OS/c27-24-2-1-20(12-25(24)28)21(3-4-32-16-23(17-32)33-5-7-35-8-6-33)15-31-26(34)22-10-18(13-29)9-19(11-22)14-30/h1-2,9-12,21,23H,3-8,13-17H2,(H,31,34). The first-order chi connectivity index (χ1) is 17.0. The molecule has 2 aromatic rings. The molecule has 2 fully saturated rings. The van der Waals surface area contributed by atoms with Crippen molar-refractivity contribution in [1.29, 1.82) is 0 Å². The largest absolute Gasteiger partial charge is 0.351 e. The van der Waals surface area contributed by atoms with Gasteiger partial charge in [0, 0.05) is 61.8 Å². The fourth-order valence-corrected chi connectivity index (χ4v) is 5.99. The van der Waals surface area contributed by atoms with Crippen molar-refractivity contribution in [3.05, 3.63) is 68.7 Å². The first kappa shape index (κ1) is 26.7. The van der Waals surface area contributed by atoms with Crippen LogP contribution in [0.4, 0.5) is 8.78 Å². The molecule has 2 heterocycles. The van der Waals surface area contributed by atoms with Crippen molar-refractivity contribution >= 4 is 40.9 Å². The highest BCUT2D eigenvalue weighted by atomic mass is 35.5. The van der Waals surface area contributed by atoms with Crippen LogP contribution in [-0.2, 0) is 13.3 Å². The molecule has 0 radical (unpaired) electrons. The first-order valence-corrected chi connectivity index (χ1v) is 13.9. The maximum atomic E-state index is 13.2. The lowest BCUT2D eigenvalue weighted by molar-refractivity contribution is 0.0379. The minimum absolute atomic E-state index is 0.0316. The second-order valence-corrected chi connectivity index (χ2v) is 11.3. The number of carbonyl (C=O) groups is 1. The number of halogens is 4. The van der Waals surface area contributed by atoms with Crippen LogP contribution in [0.25, 0.3) is 0 Å². The Labute approximate surface area is 220 Å². The lowest BCUT2D eigenvalue weighted by atomic mass is 9.94. The summed E-state index contributed by atoms with van der Waals surface area (Å²) >= 11 is 14.4. The van der Waals surface area contributed by atoms with E-state index in [0.717, 1.165) is 31.6 Å². The molecule has 1 atom stereocenters. The summed E-state index contributed by atoms with van der Waals surface area (Å²) in [5.41, 5.74) is 1.87. The molecule has 1 unspecified atom stereocenters. The van der Waals surface area contributed by atoms with E-state index in [-0.39, 0.29) is 17.4 Å². The molecule has 1 N–H and O–H groups in total. The van der Waals surface area contributed by atoms with Gasteiger partial charge in [0.15, 0.2) is 0 Å². The highest BCUT2D eigenvalue weighted by Gasteiger charge is 2.32. The van der Waals surface area contributed by atoms with Crippen LogP contribution in [0.2, 0.25) is 10.0 Å². The van der Waals surface area contributed by atoms with Crippen LogP contribution in [0.3, 0.4) is 0 Å². The van der Waals surface area contributed by atoms with Gasteiger partial charge in [-0.2, -0.15) is 11.8 Å². The lowest BCUT2D eigenvalue weighted by Gasteiger charge is -2.47. The van der Waals surface area contributed by atoms with Crippen molar-refractivity contribution in [2.45, 2.75) is 31.7 Å². The zero-order valence-corrected chi connectivity index (χ0v) is 21.9. The van der Waals surface area contributed by atoms with Crippen LogP contribution in [0.5, 0.6) is 0 Å². The summed E-state index contributed by atoms with van der Waals surface area (Å²) in [7, 11) is 0. The summed E-state index contributed by atoms with van der Waals surface area (Å²) in [6.07, 6.45) is 0.848. The molecule has 0 spiro atoms. The Balaban J connectivity index is 1.38. The molecule has 2 aliphatic rings. The molecule has 4 rings (SSSR count). The average Bonchev–Trinajstić information content (AvgIpc) is 2.86. The molecular weight excluding hydrogens is 511 g/mol. The van der Waals surface area contributed by atoms with Gasteiger partial charge < -0.3 is 10.2 Å². The molecular formula is C26H31Cl2F2N3OS. The van der Waals surface area contributed by atoms with Gasteiger partial charge in [0.1, 0.15) is 13.3 Å². The number of rotatable bonds is 10. The third kappa shape index (κ3) is 7.10. The van der Waals surface area contributed by atoms with Crippen LogP contribution in [0.1, 0.15) is 39.4 Å². The third-order valence-electron chi connectivity index (χ3n) is 6.84. The van der Waals surface area contributed by atoms with E-state index in [1.807, 2.05) is 23.9 Å². The Bertz CT molecular complexity index is 994. The summed E-state index contributed by atoms with van der Waals surface area (Å²) in [4.78, 5) is 17.9. The zero-order chi connectivity index (χ0) is 24.8. The van der Waals surface area contributed by atoms with Gasteiger partial charge in [-0.05, 0) is 53.9 Å². The normalized spacial score (nSPS) is 18.3. The van der Waals surface area contributed by atoms with E-state index in [2.05, 4.69) is 15.1 Å². The maximum absolute atomic E-state index is 13.2. The quantitative estimate of drug-likeness (QED) is 0.426. The molecule has 0 aromatic heterocycles. The van der Waals surface area contributed by atoms with Gasteiger partial charge in [0.25, 0.3) is 5.91 Å². The van der Waals surface area contributed by atoms with E-state index in [0.29, 0.717) is 33.8 Å². The van der Waals surface area contributed by atoms with Gasteiger partial charge in [0.2, 0.25) is 0 Å². The van der Waals surface area contributed by atoms with Gasteiger partial charge >= 0.3 is 0 Å². The van der Waals surface area contributed by atoms with Gasteiger partial charge in [-0.3, -0.25) is 9.69 Å². The lowest BCUT2D eigenvalue weighted by Crippen LogP contribution is -2.60. The fourth-order valence-electron chi connectivity index (χ4n) is 4.76. The van der Waals surface area contributed by atoms with Crippen molar-refractivity contribution in [2.75, 3.05) is 50.8 Å². The van der Waals surface area contributed by atoms with E-state index in [4.69, 9.17) is 23.2 Å². The predicted molar refractivity (Wildman–Crippen MR) is 141 cm³/mol. The number of likely N-dealkylation sites (tertiary alicyclic amines) is 1. The number of carbonyl (C=O) groups excluding carboxylic acids is 1. The van der Waals surface area contributed by atoms with Crippen molar-refractivity contribution in [1.82, 2.24) is 15.1 Å². The van der Waals surface area contributed by atoms with Gasteiger partial charge in [-0.15, -0.1) is 0 Å². The van der Waals surface area contributed by atoms with Crippen LogP contribution in [0, 0.1) is 0 Å². The Morgan fingerprint density at radius 3 is 2.34 bits per heavy atom. The molecule has 0 aliphatic carbocycles. The molecule has 2 saturated heterocycles. The van der Waals surface area contributed by atoms with E-state index < -0.39 is 13.3 Å². The number of alkyl halides is 2. The Hall–Kier alpha value is -1.38.